The minimum atomic E-state index is -0.600. The van der Waals surface area contributed by atoms with E-state index in [1.165, 1.54) is 27.3 Å². The van der Waals surface area contributed by atoms with Crippen LogP contribution < -0.4 is 0 Å². The molecule has 5 rings (SSSR count). The van der Waals surface area contributed by atoms with Crippen molar-refractivity contribution < 1.29 is 18.7 Å². The molecule has 0 saturated carbocycles. The third kappa shape index (κ3) is 5.96. The number of nitrogens with zero attached hydrogens (tertiary/aromatic N) is 4. The van der Waals surface area contributed by atoms with Gasteiger partial charge in [0.25, 0.3) is 11.8 Å². The molecular weight excluding hydrogens is 527 g/mol. The molecular formula is C28H28ClFN4O3S. The predicted octanol–water partition coefficient (Wildman–Crippen LogP) is 4.69. The smallest absolute Gasteiger partial charge is 0.262 e. The Morgan fingerprint density at radius 3 is 2.58 bits per heavy atom. The van der Waals surface area contributed by atoms with Crippen LogP contribution in [0.4, 0.5) is 4.39 Å². The molecule has 3 aromatic rings. The normalized spacial score (nSPS) is 17.9. The van der Waals surface area contributed by atoms with Gasteiger partial charge in [-0.3, -0.25) is 14.5 Å². The van der Waals surface area contributed by atoms with E-state index in [2.05, 4.69) is 10.0 Å². The molecule has 0 spiro atoms. The highest BCUT2D eigenvalue weighted by Crippen LogP contribution is 2.35. The van der Waals surface area contributed by atoms with E-state index in [1.54, 1.807) is 42.5 Å². The van der Waals surface area contributed by atoms with Crippen molar-refractivity contribution in [3.63, 3.8) is 0 Å². The van der Waals surface area contributed by atoms with E-state index in [4.69, 9.17) is 16.3 Å². The summed E-state index contributed by atoms with van der Waals surface area (Å²) >= 11 is 7.86. The van der Waals surface area contributed by atoms with E-state index >= 15 is 0 Å². The highest BCUT2D eigenvalue weighted by Gasteiger charge is 2.36. The molecule has 0 bridgehead atoms. The van der Waals surface area contributed by atoms with Crippen molar-refractivity contribution in [3.8, 4) is 0 Å². The van der Waals surface area contributed by atoms with Gasteiger partial charge < -0.3 is 9.64 Å². The van der Waals surface area contributed by atoms with Crippen molar-refractivity contribution in [3.05, 3.63) is 92.9 Å². The van der Waals surface area contributed by atoms with E-state index in [9.17, 15) is 14.0 Å². The molecule has 3 heterocycles. The Labute approximate surface area is 230 Å². The molecule has 1 saturated heterocycles. The molecule has 2 aliphatic rings. The van der Waals surface area contributed by atoms with Crippen molar-refractivity contribution in [1.82, 2.24) is 14.8 Å². The molecule has 2 aromatic carbocycles. The van der Waals surface area contributed by atoms with E-state index in [-0.39, 0.29) is 18.4 Å². The molecule has 38 heavy (non-hydrogen) atoms. The lowest BCUT2D eigenvalue weighted by atomic mass is 10.0. The van der Waals surface area contributed by atoms with Crippen molar-refractivity contribution >= 4 is 40.5 Å². The van der Waals surface area contributed by atoms with Gasteiger partial charge in [-0.25, -0.2) is 9.40 Å². The Morgan fingerprint density at radius 1 is 1.08 bits per heavy atom. The number of ether oxygens (including phenoxy) is 1. The maximum atomic E-state index is 14.8. The van der Waals surface area contributed by atoms with Crippen molar-refractivity contribution in [2.24, 2.45) is 5.10 Å². The summed E-state index contributed by atoms with van der Waals surface area (Å²) in [5.74, 6) is -1.11. The second-order valence-electron chi connectivity index (χ2n) is 9.16. The molecule has 2 aliphatic heterocycles. The van der Waals surface area contributed by atoms with Crippen molar-refractivity contribution in [2.45, 2.75) is 12.5 Å². The van der Waals surface area contributed by atoms with E-state index in [0.717, 1.165) is 23.7 Å². The number of hydrogen-bond acceptors (Lipinski definition) is 6. The SMILES string of the molecule is O=C(c1ccccc1Cl)N(CCN1CCOCC1)CC(=O)N1N=C(c2cccs2)CC1c1ccccc1F. The van der Waals surface area contributed by atoms with Gasteiger partial charge in [0.1, 0.15) is 12.4 Å². The van der Waals surface area contributed by atoms with Crippen LogP contribution in [-0.2, 0) is 9.53 Å². The molecule has 1 atom stereocenters. The number of amides is 2. The lowest BCUT2D eigenvalue weighted by Crippen LogP contribution is -2.46. The van der Waals surface area contributed by atoms with Gasteiger partial charge in [0.15, 0.2) is 0 Å². The molecule has 1 aromatic heterocycles. The predicted molar refractivity (Wildman–Crippen MR) is 146 cm³/mol. The number of morpholine rings is 1. The maximum Gasteiger partial charge on any atom is 0.262 e. The zero-order valence-electron chi connectivity index (χ0n) is 20.8. The van der Waals surface area contributed by atoms with Gasteiger partial charge in [-0.2, -0.15) is 5.10 Å². The largest absolute Gasteiger partial charge is 0.379 e. The minimum absolute atomic E-state index is 0.208. The fourth-order valence-corrected chi connectivity index (χ4v) is 5.64. The number of hydrazone groups is 1. The highest BCUT2D eigenvalue weighted by atomic mass is 35.5. The number of carbonyl (C=O) groups is 2. The molecule has 0 N–H and O–H groups in total. The van der Waals surface area contributed by atoms with E-state index < -0.39 is 11.9 Å². The number of rotatable bonds is 8. The first kappa shape index (κ1) is 26.5. The van der Waals surface area contributed by atoms with Crippen molar-refractivity contribution in [1.29, 1.82) is 0 Å². The zero-order valence-corrected chi connectivity index (χ0v) is 22.3. The molecule has 1 unspecified atom stereocenters. The van der Waals surface area contributed by atoms with Gasteiger partial charge in [-0.05, 0) is 29.6 Å². The summed E-state index contributed by atoms with van der Waals surface area (Å²) in [6, 6.07) is 16.5. The molecule has 0 aliphatic carbocycles. The fraction of sp³-hybridized carbons (Fsp3) is 0.321. The van der Waals surface area contributed by atoms with Crippen LogP contribution in [0, 0.1) is 5.82 Å². The summed E-state index contributed by atoms with van der Waals surface area (Å²) in [5, 5.41) is 8.24. The van der Waals surface area contributed by atoms with Gasteiger partial charge in [-0.1, -0.05) is 48.0 Å². The van der Waals surface area contributed by atoms with Crippen LogP contribution in [-0.4, -0.2) is 78.3 Å². The van der Waals surface area contributed by atoms with Gasteiger partial charge >= 0.3 is 0 Å². The van der Waals surface area contributed by atoms with Crippen molar-refractivity contribution in [2.75, 3.05) is 45.9 Å². The first-order chi connectivity index (χ1) is 18.5. The van der Waals surface area contributed by atoms with E-state index in [0.29, 0.717) is 48.9 Å². The maximum absolute atomic E-state index is 14.8. The van der Waals surface area contributed by atoms with Crippen LogP contribution >= 0.6 is 22.9 Å². The number of carbonyl (C=O) groups excluding carboxylic acids is 2. The summed E-state index contributed by atoms with van der Waals surface area (Å²) in [4.78, 5) is 32.0. The molecule has 7 nitrogen and oxygen atoms in total. The quantitative estimate of drug-likeness (QED) is 0.405. The number of halogens is 2. The summed E-state index contributed by atoms with van der Waals surface area (Å²) in [6.07, 6.45) is 0.388. The van der Waals surface area contributed by atoms with Crippen LogP contribution in [0.15, 0.2) is 71.1 Å². The Kier molecular flexibility index (Phi) is 8.48. The lowest BCUT2D eigenvalue weighted by molar-refractivity contribution is -0.133. The first-order valence-electron chi connectivity index (χ1n) is 12.5. The van der Waals surface area contributed by atoms with Crippen LogP contribution in [0.3, 0.4) is 0 Å². The van der Waals surface area contributed by atoms with Crippen LogP contribution in [0.1, 0.15) is 33.3 Å². The number of hydrogen-bond donors (Lipinski definition) is 0. The van der Waals surface area contributed by atoms with Gasteiger partial charge in [0, 0.05) is 38.2 Å². The summed E-state index contributed by atoms with van der Waals surface area (Å²) in [5.41, 5.74) is 1.45. The third-order valence-electron chi connectivity index (χ3n) is 6.74. The summed E-state index contributed by atoms with van der Waals surface area (Å²) in [7, 11) is 0. The average Bonchev–Trinajstić information content (AvgIpc) is 3.62. The Morgan fingerprint density at radius 2 is 1.84 bits per heavy atom. The monoisotopic (exact) mass is 554 g/mol. The fourth-order valence-electron chi connectivity index (χ4n) is 4.70. The van der Waals surface area contributed by atoms with Crippen LogP contribution in [0.2, 0.25) is 5.02 Å². The first-order valence-corrected chi connectivity index (χ1v) is 13.8. The molecule has 198 valence electrons. The summed E-state index contributed by atoms with van der Waals surface area (Å²) in [6.45, 7) is 3.50. The number of thiophene rings is 1. The highest BCUT2D eigenvalue weighted by molar-refractivity contribution is 7.12. The molecule has 0 radical (unpaired) electrons. The summed E-state index contributed by atoms with van der Waals surface area (Å²) < 4.78 is 20.3. The Balaban J connectivity index is 1.41. The number of benzene rings is 2. The third-order valence-corrected chi connectivity index (χ3v) is 7.99. The van der Waals surface area contributed by atoms with Gasteiger partial charge in [0.05, 0.1) is 40.4 Å². The second-order valence-corrected chi connectivity index (χ2v) is 10.5. The van der Waals surface area contributed by atoms with Crippen LogP contribution in [0.5, 0.6) is 0 Å². The van der Waals surface area contributed by atoms with Crippen LogP contribution in [0.25, 0.3) is 0 Å². The lowest BCUT2D eigenvalue weighted by Gasteiger charge is -2.31. The molecule has 1 fully saturated rings. The van der Waals surface area contributed by atoms with E-state index in [1.807, 2.05) is 17.5 Å². The Bertz CT molecular complexity index is 1310. The zero-order chi connectivity index (χ0) is 26.5. The topological polar surface area (TPSA) is 65.5 Å². The Hall–Kier alpha value is -3.11. The standard InChI is InChI=1S/C28H28ClFN4O3S/c29-22-8-3-1-6-20(22)28(36)33(12-11-32-13-15-37-16-14-32)19-27(35)34-25(21-7-2-4-9-23(21)30)18-24(31-34)26-10-5-17-38-26/h1-10,17,25H,11-16,18-19H2. The molecule has 2 amide bonds. The molecule has 10 heteroatoms. The minimum Gasteiger partial charge on any atom is -0.379 e. The van der Waals surface area contributed by atoms with Gasteiger partial charge in [0.2, 0.25) is 0 Å². The van der Waals surface area contributed by atoms with Gasteiger partial charge in [-0.15, -0.1) is 11.3 Å². The second kappa shape index (κ2) is 12.2. The average molecular weight is 555 g/mol.